The summed E-state index contributed by atoms with van der Waals surface area (Å²) < 4.78 is 0. The van der Waals surface area contributed by atoms with E-state index in [9.17, 15) is 9.59 Å². The van der Waals surface area contributed by atoms with E-state index in [-0.39, 0.29) is 11.8 Å². The molecule has 82 valence electrons. The Morgan fingerprint density at radius 1 is 1.47 bits per heavy atom. The smallest absolute Gasteiger partial charge is 0.372 e. The Bertz CT molecular complexity index is 390. The number of hydrogen-bond acceptors (Lipinski definition) is 4. The summed E-state index contributed by atoms with van der Waals surface area (Å²) in [5.41, 5.74) is 0.479. The van der Waals surface area contributed by atoms with Crippen molar-refractivity contribution in [1.29, 1.82) is 0 Å². The molecule has 1 aromatic rings. The standard InChI is InChI=1S/C10H13NO3S/c1-10(2,3)9-11-6(5-15-9)4-7(12)8(13)14/h5H,4H2,1-3H3,(H,13,14). The Morgan fingerprint density at radius 3 is 2.47 bits per heavy atom. The second kappa shape index (κ2) is 4.10. The van der Waals surface area contributed by atoms with E-state index in [2.05, 4.69) is 4.98 Å². The van der Waals surface area contributed by atoms with Crippen LogP contribution in [-0.4, -0.2) is 21.8 Å². The SMILES string of the molecule is CC(C)(C)c1nc(CC(=O)C(=O)O)cs1. The molecule has 1 rings (SSSR count). The minimum atomic E-state index is -1.40. The third-order valence-electron chi connectivity index (χ3n) is 1.77. The van der Waals surface area contributed by atoms with Crippen molar-refractivity contribution in [3.8, 4) is 0 Å². The molecule has 15 heavy (non-hydrogen) atoms. The lowest BCUT2D eigenvalue weighted by Crippen LogP contribution is -2.16. The van der Waals surface area contributed by atoms with Gasteiger partial charge in [-0.25, -0.2) is 9.78 Å². The molecule has 1 aromatic heterocycles. The molecule has 0 amide bonds. The first-order chi connectivity index (χ1) is 6.80. The number of carboxylic acid groups (broad SMARTS) is 1. The van der Waals surface area contributed by atoms with Crippen molar-refractivity contribution < 1.29 is 14.7 Å². The van der Waals surface area contributed by atoms with E-state index in [0.29, 0.717) is 5.69 Å². The normalized spacial score (nSPS) is 11.4. The zero-order chi connectivity index (χ0) is 11.6. The van der Waals surface area contributed by atoms with Crippen LogP contribution in [0.1, 0.15) is 31.5 Å². The number of aliphatic carboxylic acids is 1. The van der Waals surface area contributed by atoms with Gasteiger partial charge in [0.1, 0.15) is 0 Å². The van der Waals surface area contributed by atoms with E-state index in [1.54, 1.807) is 5.38 Å². The third-order valence-corrected chi connectivity index (χ3v) is 3.09. The van der Waals surface area contributed by atoms with Crippen molar-refractivity contribution >= 4 is 23.1 Å². The van der Waals surface area contributed by atoms with Crippen LogP contribution in [0.4, 0.5) is 0 Å². The lowest BCUT2D eigenvalue weighted by Gasteiger charge is -2.13. The Hall–Kier alpha value is -1.23. The Labute approximate surface area is 92.0 Å². The van der Waals surface area contributed by atoms with E-state index in [1.165, 1.54) is 11.3 Å². The number of nitrogens with zero attached hydrogens (tertiary/aromatic N) is 1. The summed E-state index contributed by atoms with van der Waals surface area (Å²) in [4.78, 5) is 25.5. The maximum absolute atomic E-state index is 10.9. The molecule has 0 fully saturated rings. The van der Waals surface area contributed by atoms with Crippen LogP contribution in [0, 0.1) is 0 Å². The van der Waals surface area contributed by atoms with Crippen LogP contribution < -0.4 is 0 Å². The predicted molar refractivity (Wildman–Crippen MR) is 57.2 cm³/mol. The molecule has 0 aliphatic rings. The van der Waals surface area contributed by atoms with E-state index in [1.807, 2.05) is 20.8 Å². The van der Waals surface area contributed by atoms with Gasteiger partial charge in [0.05, 0.1) is 17.1 Å². The molecule has 5 heteroatoms. The Morgan fingerprint density at radius 2 is 2.07 bits per heavy atom. The van der Waals surface area contributed by atoms with Gasteiger partial charge in [-0.2, -0.15) is 0 Å². The molecule has 0 spiro atoms. The fraction of sp³-hybridized carbons (Fsp3) is 0.500. The van der Waals surface area contributed by atoms with E-state index >= 15 is 0 Å². The fourth-order valence-corrected chi connectivity index (χ4v) is 1.88. The molecule has 1 N–H and O–H groups in total. The van der Waals surface area contributed by atoms with Gasteiger partial charge in [0.2, 0.25) is 5.78 Å². The van der Waals surface area contributed by atoms with Gasteiger partial charge >= 0.3 is 5.97 Å². The first-order valence-corrected chi connectivity index (χ1v) is 5.39. The molecule has 0 saturated heterocycles. The first kappa shape index (κ1) is 11.8. The number of rotatable bonds is 3. The summed E-state index contributed by atoms with van der Waals surface area (Å²) >= 11 is 1.45. The minimum Gasteiger partial charge on any atom is -0.475 e. The third kappa shape index (κ3) is 3.13. The molecule has 4 nitrogen and oxygen atoms in total. The van der Waals surface area contributed by atoms with Gasteiger partial charge in [0.15, 0.2) is 0 Å². The number of hydrogen-bond donors (Lipinski definition) is 1. The molecular formula is C10H13NO3S. The average Bonchev–Trinajstić information content (AvgIpc) is 2.51. The quantitative estimate of drug-likeness (QED) is 0.797. The van der Waals surface area contributed by atoms with Crippen molar-refractivity contribution in [1.82, 2.24) is 4.98 Å². The maximum Gasteiger partial charge on any atom is 0.372 e. The number of ketones is 1. The fourth-order valence-electron chi connectivity index (χ4n) is 0.973. The van der Waals surface area contributed by atoms with E-state index in [0.717, 1.165) is 5.01 Å². The number of carboxylic acids is 1. The zero-order valence-corrected chi connectivity index (χ0v) is 9.72. The minimum absolute atomic E-state index is 0.0603. The van der Waals surface area contributed by atoms with Gasteiger partial charge in [-0.1, -0.05) is 20.8 Å². The van der Waals surface area contributed by atoms with Gasteiger partial charge in [-0.05, 0) is 0 Å². The number of Topliss-reactive ketones (excluding diaryl/α,β-unsaturated/α-hetero) is 1. The second-order valence-corrected chi connectivity index (χ2v) is 5.16. The highest BCUT2D eigenvalue weighted by Crippen LogP contribution is 2.25. The molecule has 0 atom stereocenters. The summed E-state index contributed by atoms with van der Waals surface area (Å²) in [6.07, 6.45) is -0.123. The molecule has 0 aliphatic carbocycles. The highest BCUT2D eigenvalue weighted by molar-refractivity contribution is 7.09. The zero-order valence-electron chi connectivity index (χ0n) is 8.90. The van der Waals surface area contributed by atoms with Crippen molar-refractivity contribution in [3.05, 3.63) is 16.1 Å². The highest BCUT2D eigenvalue weighted by Gasteiger charge is 2.20. The van der Waals surface area contributed by atoms with Gasteiger partial charge in [0, 0.05) is 10.8 Å². The summed E-state index contributed by atoms with van der Waals surface area (Å²) in [5, 5.41) is 11.1. The van der Waals surface area contributed by atoms with Crippen LogP contribution >= 0.6 is 11.3 Å². The maximum atomic E-state index is 10.9. The molecule has 0 bridgehead atoms. The van der Waals surface area contributed by atoms with Gasteiger partial charge in [-0.3, -0.25) is 4.79 Å². The van der Waals surface area contributed by atoms with Gasteiger partial charge < -0.3 is 5.11 Å². The molecule has 0 unspecified atom stereocenters. The van der Waals surface area contributed by atoms with Crippen LogP contribution in [0.25, 0.3) is 0 Å². The van der Waals surface area contributed by atoms with Crippen molar-refractivity contribution in [2.24, 2.45) is 0 Å². The molecular weight excluding hydrogens is 214 g/mol. The van der Waals surface area contributed by atoms with Gasteiger partial charge in [-0.15, -0.1) is 11.3 Å². The van der Waals surface area contributed by atoms with Crippen LogP contribution in [0.5, 0.6) is 0 Å². The van der Waals surface area contributed by atoms with Crippen molar-refractivity contribution in [2.75, 3.05) is 0 Å². The lowest BCUT2D eigenvalue weighted by molar-refractivity contribution is -0.148. The number of aromatic nitrogens is 1. The number of carbonyl (C=O) groups excluding carboxylic acids is 1. The topological polar surface area (TPSA) is 67.3 Å². The number of carbonyl (C=O) groups is 2. The van der Waals surface area contributed by atoms with Crippen molar-refractivity contribution in [3.63, 3.8) is 0 Å². The van der Waals surface area contributed by atoms with E-state index < -0.39 is 11.8 Å². The average molecular weight is 227 g/mol. The van der Waals surface area contributed by atoms with Crippen LogP contribution in [0.3, 0.4) is 0 Å². The van der Waals surface area contributed by atoms with Crippen LogP contribution in [0.15, 0.2) is 5.38 Å². The number of thiazole rings is 1. The van der Waals surface area contributed by atoms with Crippen LogP contribution in [0.2, 0.25) is 0 Å². The Kier molecular flexibility index (Phi) is 3.24. The first-order valence-electron chi connectivity index (χ1n) is 4.51. The second-order valence-electron chi connectivity index (χ2n) is 4.30. The van der Waals surface area contributed by atoms with Gasteiger partial charge in [0.25, 0.3) is 0 Å². The lowest BCUT2D eigenvalue weighted by atomic mass is 9.98. The predicted octanol–water partition coefficient (Wildman–Crippen LogP) is 1.64. The van der Waals surface area contributed by atoms with Crippen molar-refractivity contribution in [2.45, 2.75) is 32.6 Å². The summed E-state index contributed by atoms with van der Waals surface area (Å²) in [6, 6.07) is 0. The van der Waals surface area contributed by atoms with Crippen LogP contribution in [-0.2, 0) is 21.4 Å². The molecule has 1 heterocycles. The monoisotopic (exact) mass is 227 g/mol. The Balaban J connectivity index is 2.78. The molecule has 0 radical (unpaired) electrons. The highest BCUT2D eigenvalue weighted by atomic mass is 32.1. The summed E-state index contributed by atoms with van der Waals surface area (Å²) in [5.74, 6) is -2.22. The van der Waals surface area contributed by atoms with E-state index in [4.69, 9.17) is 5.11 Å². The summed E-state index contributed by atoms with van der Waals surface area (Å²) in [6.45, 7) is 6.07. The molecule has 0 aliphatic heterocycles. The summed E-state index contributed by atoms with van der Waals surface area (Å²) in [7, 11) is 0. The molecule has 0 aromatic carbocycles. The molecule has 0 saturated carbocycles. The largest absolute Gasteiger partial charge is 0.475 e.